The van der Waals surface area contributed by atoms with E-state index in [9.17, 15) is 13.2 Å². The van der Waals surface area contributed by atoms with Gasteiger partial charge in [-0.2, -0.15) is 0 Å². The summed E-state index contributed by atoms with van der Waals surface area (Å²) in [6.45, 7) is 1.06. The number of aliphatic carboxylic acids is 1. The Morgan fingerprint density at radius 2 is 2.00 bits per heavy atom. The van der Waals surface area contributed by atoms with Gasteiger partial charge in [0.15, 0.2) is 0 Å². The average Bonchev–Trinajstić information content (AvgIpc) is 3.34. The molecule has 144 valence electrons. The molecule has 2 aliphatic carbocycles. The molecule has 2 fully saturated rings. The van der Waals surface area contributed by atoms with Crippen molar-refractivity contribution in [1.29, 1.82) is 0 Å². The van der Waals surface area contributed by atoms with Crippen LogP contribution in [0.25, 0.3) is 0 Å². The van der Waals surface area contributed by atoms with E-state index in [-0.39, 0.29) is 30.1 Å². The van der Waals surface area contributed by atoms with E-state index in [0.29, 0.717) is 24.3 Å². The molecule has 0 bridgehead atoms. The van der Waals surface area contributed by atoms with Crippen LogP contribution >= 0.6 is 0 Å². The van der Waals surface area contributed by atoms with Crippen molar-refractivity contribution >= 4 is 16.0 Å². The first kappa shape index (κ1) is 19.3. The smallest absolute Gasteiger partial charge is 0.317 e. The van der Waals surface area contributed by atoms with Gasteiger partial charge in [-0.25, -0.2) is 13.1 Å². The van der Waals surface area contributed by atoms with Gasteiger partial charge in [-0.3, -0.25) is 9.69 Å². The number of carboxylic acid groups (broad SMARTS) is 1. The van der Waals surface area contributed by atoms with E-state index < -0.39 is 16.0 Å². The van der Waals surface area contributed by atoms with Crippen LogP contribution < -0.4 is 4.72 Å². The second-order valence-corrected chi connectivity index (χ2v) is 8.93. The molecule has 0 unspecified atom stereocenters. The van der Waals surface area contributed by atoms with Gasteiger partial charge in [0, 0.05) is 25.7 Å². The third-order valence-corrected chi connectivity index (χ3v) is 6.66. The zero-order valence-electron chi connectivity index (χ0n) is 14.9. The van der Waals surface area contributed by atoms with Crippen molar-refractivity contribution in [1.82, 2.24) is 9.62 Å². The first-order chi connectivity index (χ1) is 12.4. The Hall–Kier alpha value is -1.48. The maximum absolute atomic E-state index is 12.7. The highest BCUT2D eigenvalue weighted by atomic mass is 32.2. The quantitative estimate of drug-likeness (QED) is 0.636. The minimum atomic E-state index is -3.62. The summed E-state index contributed by atoms with van der Waals surface area (Å²) in [6.07, 6.45) is 3.61. The highest BCUT2D eigenvalue weighted by Crippen LogP contribution is 2.34. The van der Waals surface area contributed by atoms with Gasteiger partial charge in [0.1, 0.15) is 0 Å². The number of nitrogens with zero attached hydrogens (tertiary/aromatic N) is 1. The van der Waals surface area contributed by atoms with Crippen molar-refractivity contribution in [3.63, 3.8) is 0 Å². The van der Waals surface area contributed by atoms with Gasteiger partial charge < -0.3 is 9.84 Å². The van der Waals surface area contributed by atoms with Crippen LogP contribution in [0.15, 0.2) is 29.2 Å². The van der Waals surface area contributed by atoms with Crippen molar-refractivity contribution in [2.75, 3.05) is 20.2 Å². The van der Waals surface area contributed by atoms with Gasteiger partial charge in [0.2, 0.25) is 10.0 Å². The third kappa shape index (κ3) is 4.82. The van der Waals surface area contributed by atoms with Crippen molar-refractivity contribution in [2.24, 2.45) is 5.92 Å². The molecule has 7 nitrogen and oxygen atoms in total. The minimum absolute atomic E-state index is 0.0251. The van der Waals surface area contributed by atoms with Gasteiger partial charge in [0.05, 0.1) is 18.0 Å². The molecule has 8 heteroatoms. The first-order valence-corrected chi connectivity index (χ1v) is 10.4. The van der Waals surface area contributed by atoms with Crippen molar-refractivity contribution < 1.29 is 23.1 Å². The van der Waals surface area contributed by atoms with Gasteiger partial charge in [-0.05, 0) is 43.2 Å². The molecule has 2 aliphatic rings. The van der Waals surface area contributed by atoms with E-state index in [4.69, 9.17) is 9.84 Å². The molecule has 0 aromatic heterocycles. The van der Waals surface area contributed by atoms with Crippen LogP contribution in [0, 0.1) is 5.92 Å². The summed E-state index contributed by atoms with van der Waals surface area (Å²) < 4.78 is 33.2. The van der Waals surface area contributed by atoms with Gasteiger partial charge in [-0.15, -0.1) is 0 Å². The van der Waals surface area contributed by atoms with Crippen LogP contribution in [0.1, 0.15) is 31.2 Å². The fraction of sp³-hybridized carbons (Fsp3) is 0.611. The number of methoxy groups -OCH3 is 1. The monoisotopic (exact) mass is 382 g/mol. The lowest BCUT2D eigenvalue weighted by Crippen LogP contribution is -2.55. The van der Waals surface area contributed by atoms with E-state index >= 15 is 0 Å². The molecule has 0 radical (unpaired) electrons. The Balaban J connectivity index is 1.59. The van der Waals surface area contributed by atoms with Crippen LogP contribution in [0.2, 0.25) is 0 Å². The number of sulfonamides is 1. The highest BCUT2D eigenvalue weighted by Gasteiger charge is 2.39. The lowest BCUT2D eigenvalue weighted by atomic mass is 9.86. The van der Waals surface area contributed by atoms with E-state index in [1.165, 1.54) is 7.11 Å². The zero-order valence-corrected chi connectivity index (χ0v) is 15.7. The molecule has 2 N–H and O–H groups in total. The topological polar surface area (TPSA) is 95.9 Å². The van der Waals surface area contributed by atoms with Gasteiger partial charge >= 0.3 is 5.97 Å². The van der Waals surface area contributed by atoms with E-state index in [1.54, 1.807) is 24.3 Å². The lowest BCUT2D eigenvalue weighted by molar-refractivity contribution is -0.139. The molecule has 0 aliphatic heterocycles. The lowest BCUT2D eigenvalue weighted by Gasteiger charge is -2.42. The number of benzene rings is 1. The van der Waals surface area contributed by atoms with Crippen molar-refractivity contribution in [3.05, 3.63) is 29.8 Å². The summed E-state index contributed by atoms with van der Waals surface area (Å²) >= 11 is 0. The van der Waals surface area contributed by atoms with Crippen molar-refractivity contribution in [2.45, 2.75) is 49.3 Å². The minimum Gasteiger partial charge on any atom is -0.480 e. The van der Waals surface area contributed by atoms with Gasteiger partial charge in [0.25, 0.3) is 0 Å². The zero-order chi connectivity index (χ0) is 18.7. The van der Waals surface area contributed by atoms with Crippen LogP contribution in [0.4, 0.5) is 0 Å². The number of hydrogen-bond donors (Lipinski definition) is 2. The van der Waals surface area contributed by atoms with E-state index in [1.807, 2.05) is 4.90 Å². The predicted octanol–water partition coefficient (Wildman–Crippen LogP) is 1.44. The Labute approximate surface area is 154 Å². The molecular formula is C18H26N2O5S. The predicted molar refractivity (Wildman–Crippen MR) is 96.2 cm³/mol. The van der Waals surface area contributed by atoms with Crippen LogP contribution in [-0.4, -0.2) is 56.7 Å². The van der Waals surface area contributed by atoms with Crippen LogP contribution in [-0.2, 0) is 26.2 Å². The molecule has 1 aromatic rings. The largest absolute Gasteiger partial charge is 0.480 e. The molecule has 3 rings (SSSR count). The molecule has 2 saturated carbocycles. The standard InChI is InChI=1S/C18H26N2O5S/c1-25-12-14-4-2-3-5-17(14)26(23,24)19-15-8-16(9-15)20(11-18(21)22)10-13-6-7-13/h2-5,13,15-16,19H,6-12H2,1H3,(H,21,22). The van der Waals surface area contributed by atoms with Crippen molar-refractivity contribution in [3.8, 4) is 0 Å². The molecule has 0 heterocycles. The second kappa shape index (κ2) is 8.04. The number of ether oxygens (including phenoxy) is 1. The second-order valence-electron chi connectivity index (χ2n) is 7.25. The number of carboxylic acids is 1. The molecule has 0 amide bonds. The Morgan fingerprint density at radius 3 is 2.62 bits per heavy atom. The molecule has 1 aromatic carbocycles. The average molecular weight is 382 g/mol. The molecule has 0 spiro atoms. The number of nitrogens with one attached hydrogen (secondary N) is 1. The molecule has 0 saturated heterocycles. The number of rotatable bonds is 10. The highest BCUT2D eigenvalue weighted by molar-refractivity contribution is 7.89. The Kier molecular flexibility index (Phi) is 5.96. The molecule has 26 heavy (non-hydrogen) atoms. The van der Waals surface area contributed by atoms with Crippen LogP contribution in [0.5, 0.6) is 0 Å². The third-order valence-electron chi connectivity index (χ3n) is 5.04. The number of hydrogen-bond acceptors (Lipinski definition) is 5. The fourth-order valence-corrected chi connectivity index (χ4v) is 4.94. The SMILES string of the molecule is COCc1ccccc1S(=O)(=O)NC1CC(N(CC(=O)O)CC2CC2)C1. The summed E-state index contributed by atoms with van der Waals surface area (Å²) in [5.41, 5.74) is 0.625. The van der Waals surface area contributed by atoms with Gasteiger partial charge in [-0.1, -0.05) is 18.2 Å². The summed E-state index contributed by atoms with van der Waals surface area (Å²) in [5.74, 6) is -0.228. The maximum Gasteiger partial charge on any atom is 0.317 e. The first-order valence-electron chi connectivity index (χ1n) is 8.94. The van der Waals surface area contributed by atoms with Crippen LogP contribution in [0.3, 0.4) is 0 Å². The summed E-state index contributed by atoms with van der Waals surface area (Å²) in [6, 6.07) is 6.78. The normalized spacial score (nSPS) is 23.0. The molecular weight excluding hydrogens is 356 g/mol. The Morgan fingerprint density at radius 1 is 1.31 bits per heavy atom. The fourth-order valence-electron chi connectivity index (χ4n) is 3.45. The number of carbonyl (C=O) groups is 1. The molecule has 0 atom stereocenters. The summed E-state index contributed by atoms with van der Waals surface area (Å²) in [7, 11) is -2.09. The van der Waals surface area contributed by atoms with E-state index in [0.717, 1.165) is 19.4 Å². The van der Waals surface area contributed by atoms with E-state index in [2.05, 4.69) is 4.72 Å². The summed E-state index contributed by atoms with van der Waals surface area (Å²) in [5, 5.41) is 9.10. The Bertz CT molecular complexity index is 742. The maximum atomic E-state index is 12.7. The summed E-state index contributed by atoms with van der Waals surface area (Å²) in [4.78, 5) is 13.3.